The van der Waals surface area contributed by atoms with Gasteiger partial charge in [-0.3, -0.25) is 0 Å². The van der Waals surface area contributed by atoms with Crippen LogP contribution in [0.5, 0.6) is 5.75 Å². The van der Waals surface area contributed by atoms with E-state index in [-0.39, 0.29) is 41.2 Å². The van der Waals surface area contributed by atoms with E-state index in [1.807, 2.05) is 25.1 Å². The highest BCUT2D eigenvalue weighted by Crippen LogP contribution is 2.30. The Morgan fingerprint density at radius 1 is 1.19 bits per heavy atom. The van der Waals surface area contributed by atoms with Gasteiger partial charge in [-0.25, -0.2) is 17.7 Å². The molecule has 0 spiro atoms. The zero-order valence-electron chi connectivity index (χ0n) is 19.5. The lowest BCUT2D eigenvalue weighted by Crippen LogP contribution is -2.50. The first kappa shape index (κ1) is 28.0. The average Bonchev–Trinajstić information content (AvgIpc) is 2.71. The van der Waals surface area contributed by atoms with Gasteiger partial charge in [0.1, 0.15) is 12.4 Å². The van der Waals surface area contributed by atoms with Crippen LogP contribution in [0.3, 0.4) is 0 Å². The summed E-state index contributed by atoms with van der Waals surface area (Å²) in [6, 6.07) is 8.36. The molecule has 0 unspecified atom stereocenters. The number of piperidine rings is 1. The van der Waals surface area contributed by atoms with Crippen molar-refractivity contribution < 1.29 is 13.2 Å². The number of aliphatic imine (C=N–C) groups is 1. The minimum Gasteiger partial charge on any atom is -0.491 e. The van der Waals surface area contributed by atoms with Crippen LogP contribution in [-0.4, -0.2) is 63.3 Å². The van der Waals surface area contributed by atoms with Crippen LogP contribution < -0.4 is 15.4 Å². The molecule has 1 aliphatic heterocycles. The predicted molar refractivity (Wildman–Crippen MR) is 139 cm³/mol. The van der Waals surface area contributed by atoms with E-state index in [2.05, 4.69) is 42.5 Å². The SMILES string of the molecule is CCNC(=NCCOc1ccccc1C(C)(C)C)NC1CCN(S(=O)(=O)CC)CC1.I. The Hall–Kier alpha value is -1.07. The number of hydrogen-bond acceptors (Lipinski definition) is 4. The quantitative estimate of drug-likeness (QED) is 0.218. The molecule has 2 rings (SSSR count). The number of ether oxygens (including phenoxy) is 1. The Kier molecular flexibility index (Phi) is 11.6. The second-order valence-electron chi connectivity index (χ2n) is 8.57. The average molecular weight is 567 g/mol. The third kappa shape index (κ3) is 8.76. The number of halogens is 1. The van der Waals surface area contributed by atoms with Gasteiger partial charge in [0, 0.05) is 25.7 Å². The lowest BCUT2D eigenvalue weighted by atomic mass is 9.86. The summed E-state index contributed by atoms with van der Waals surface area (Å²) in [5.74, 6) is 1.82. The summed E-state index contributed by atoms with van der Waals surface area (Å²) in [6.45, 7) is 13.2. The van der Waals surface area contributed by atoms with Crippen molar-refractivity contribution in [2.75, 3.05) is 38.5 Å². The maximum absolute atomic E-state index is 12.0. The topological polar surface area (TPSA) is 83.0 Å². The van der Waals surface area contributed by atoms with E-state index in [4.69, 9.17) is 4.74 Å². The molecule has 178 valence electrons. The van der Waals surface area contributed by atoms with E-state index < -0.39 is 10.0 Å². The predicted octanol–water partition coefficient (Wildman–Crippen LogP) is 3.35. The van der Waals surface area contributed by atoms with Crippen LogP contribution in [0.4, 0.5) is 0 Å². The molecule has 0 radical (unpaired) electrons. The number of benzene rings is 1. The Bertz CT molecular complexity index is 801. The first-order valence-corrected chi connectivity index (χ1v) is 12.5. The van der Waals surface area contributed by atoms with Crippen LogP contribution in [0.1, 0.15) is 53.0 Å². The molecule has 31 heavy (non-hydrogen) atoms. The fraction of sp³-hybridized carbons (Fsp3) is 0.682. The second kappa shape index (κ2) is 12.8. The van der Waals surface area contributed by atoms with E-state index in [9.17, 15) is 8.42 Å². The summed E-state index contributed by atoms with van der Waals surface area (Å²) in [7, 11) is -3.10. The van der Waals surface area contributed by atoms with Crippen LogP contribution in [0.15, 0.2) is 29.3 Å². The third-order valence-corrected chi connectivity index (χ3v) is 7.09. The maximum Gasteiger partial charge on any atom is 0.213 e. The minimum atomic E-state index is -3.10. The van der Waals surface area contributed by atoms with Crippen LogP contribution in [-0.2, 0) is 15.4 Å². The fourth-order valence-electron chi connectivity index (χ4n) is 3.50. The Morgan fingerprint density at radius 2 is 1.84 bits per heavy atom. The van der Waals surface area contributed by atoms with Gasteiger partial charge in [-0.1, -0.05) is 39.0 Å². The Balaban J connectivity index is 0.00000480. The van der Waals surface area contributed by atoms with Crippen molar-refractivity contribution in [1.82, 2.24) is 14.9 Å². The molecule has 1 heterocycles. The zero-order valence-corrected chi connectivity index (χ0v) is 22.6. The van der Waals surface area contributed by atoms with Crippen LogP contribution >= 0.6 is 24.0 Å². The van der Waals surface area contributed by atoms with Crippen molar-refractivity contribution in [2.24, 2.45) is 4.99 Å². The Labute approximate surface area is 205 Å². The van der Waals surface area contributed by atoms with Crippen molar-refractivity contribution in [3.05, 3.63) is 29.8 Å². The summed E-state index contributed by atoms with van der Waals surface area (Å²) in [5.41, 5.74) is 1.21. The number of para-hydroxylation sites is 1. The molecule has 1 saturated heterocycles. The molecule has 0 bridgehead atoms. The van der Waals surface area contributed by atoms with E-state index in [0.717, 1.165) is 31.1 Å². The van der Waals surface area contributed by atoms with Gasteiger partial charge in [0.2, 0.25) is 10.0 Å². The largest absolute Gasteiger partial charge is 0.491 e. The number of rotatable bonds is 8. The second-order valence-corrected chi connectivity index (χ2v) is 10.8. The smallest absolute Gasteiger partial charge is 0.213 e. The molecule has 9 heteroatoms. The number of guanidine groups is 1. The summed E-state index contributed by atoms with van der Waals surface area (Å²) in [6.07, 6.45) is 1.55. The van der Waals surface area contributed by atoms with Crippen molar-refractivity contribution >= 4 is 40.0 Å². The van der Waals surface area contributed by atoms with Gasteiger partial charge in [-0.15, -0.1) is 24.0 Å². The van der Waals surface area contributed by atoms with Gasteiger partial charge in [0.05, 0.1) is 12.3 Å². The van der Waals surface area contributed by atoms with Gasteiger partial charge in [0.15, 0.2) is 5.96 Å². The lowest BCUT2D eigenvalue weighted by molar-refractivity contribution is 0.305. The molecule has 0 amide bonds. The van der Waals surface area contributed by atoms with Crippen LogP contribution in [0.25, 0.3) is 0 Å². The lowest BCUT2D eigenvalue weighted by Gasteiger charge is -2.32. The monoisotopic (exact) mass is 566 g/mol. The van der Waals surface area contributed by atoms with Crippen molar-refractivity contribution in [1.29, 1.82) is 0 Å². The van der Waals surface area contributed by atoms with Crippen LogP contribution in [0.2, 0.25) is 0 Å². The molecule has 2 N–H and O–H groups in total. The van der Waals surface area contributed by atoms with Gasteiger partial charge >= 0.3 is 0 Å². The number of nitrogens with zero attached hydrogens (tertiary/aromatic N) is 2. The molecule has 0 saturated carbocycles. The standard InChI is InChI=1S/C22H38N4O3S.HI/c1-6-23-21(25-18-12-15-26(16-13-18)30(27,28)7-2)24-14-17-29-20-11-9-8-10-19(20)22(3,4)5;/h8-11,18H,6-7,12-17H2,1-5H3,(H2,23,24,25);1H. The molecule has 0 aliphatic carbocycles. The van der Waals surface area contributed by atoms with Crippen molar-refractivity contribution in [3.63, 3.8) is 0 Å². The first-order chi connectivity index (χ1) is 14.2. The van der Waals surface area contributed by atoms with Gasteiger partial charge in [-0.2, -0.15) is 0 Å². The summed E-state index contributed by atoms with van der Waals surface area (Å²) >= 11 is 0. The van der Waals surface area contributed by atoms with E-state index in [1.165, 1.54) is 5.56 Å². The van der Waals surface area contributed by atoms with Gasteiger partial charge < -0.3 is 15.4 Å². The summed E-state index contributed by atoms with van der Waals surface area (Å²) in [4.78, 5) is 4.64. The molecule has 1 aromatic rings. The summed E-state index contributed by atoms with van der Waals surface area (Å²) < 4.78 is 31.6. The molecule has 0 atom stereocenters. The highest BCUT2D eigenvalue weighted by atomic mass is 127. The number of hydrogen-bond donors (Lipinski definition) is 2. The maximum atomic E-state index is 12.0. The molecular weight excluding hydrogens is 527 g/mol. The molecule has 1 fully saturated rings. The van der Waals surface area contributed by atoms with E-state index >= 15 is 0 Å². The molecular formula is C22H39IN4O3S. The van der Waals surface area contributed by atoms with Crippen molar-refractivity contribution in [2.45, 2.75) is 58.9 Å². The normalized spacial score (nSPS) is 16.5. The van der Waals surface area contributed by atoms with E-state index in [0.29, 0.717) is 26.2 Å². The molecule has 1 aromatic carbocycles. The highest BCUT2D eigenvalue weighted by Gasteiger charge is 2.27. The summed E-state index contributed by atoms with van der Waals surface area (Å²) in [5, 5.41) is 6.71. The molecule has 1 aliphatic rings. The minimum absolute atomic E-state index is 0. The fourth-order valence-corrected chi connectivity index (χ4v) is 4.63. The van der Waals surface area contributed by atoms with E-state index in [1.54, 1.807) is 11.2 Å². The van der Waals surface area contributed by atoms with Gasteiger partial charge in [0.25, 0.3) is 0 Å². The number of sulfonamides is 1. The zero-order chi connectivity index (χ0) is 22.2. The highest BCUT2D eigenvalue weighted by molar-refractivity contribution is 14.0. The first-order valence-electron chi connectivity index (χ1n) is 10.9. The number of nitrogens with one attached hydrogen (secondary N) is 2. The Morgan fingerprint density at radius 3 is 2.42 bits per heavy atom. The van der Waals surface area contributed by atoms with Crippen molar-refractivity contribution in [3.8, 4) is 5.75 Å². The van der Waals surface area contributed by atoms with Gasteiger partial charge in [-0.05, 0) is 43.7 Å². The van der Waals surface area contributed by atoms with Crippen LogP contribution in [0, 0.1) is 0 Å². The molecule has 0 aromatic heterocycles. The molecule has 7 nitrogen and oxygen atoms in total. The third-order valence-electron chi connectivity index (χ3n) is 5.21.